The second-order valence-corrected chi connectivity index (χ2v) is 18.4. The number of guanidine groups is 2. The second kappa shape index (κ2) is 26.4. The number of aromatic hydroxyl groups is 2. The summed E-state index contributed by atoms with van der Waals surface area (Å²) < 4.78 is 12.3. The average molecular weight is 1050 g/mol. The van der Waals surface area contributed by atoms with E-state index < -0.39 is 145 Å². The number of nitrogens with zero attached hydrogens (tertiary/aromatic N) is 2. The number of nitrogens with two attached hydrogens (primary N) is 4. The van der Waals surface area contributed by atoms with Gasteiger partial charge >= 0.3 is 0 Å². The monoisotopic (exact) mass is 1050 g/mol. The van der Waals surface area contributed by atoms with Crippen molar-refractivity contribution in [3.05, 3.63) is 57.1 Å². The Morgan fingerprint density at radius 2 is 1.49 bits per heavy atom. The lowest BCUT2D eigenvalue weighted by atomic mass is 9.71. The van der Waals surface area contributed by atoms with Crippen LogP contribution in [0.3, 0.4) is 0 Å². The lowest BCUT2D eigenvalue weighted by Gasteiger charge is -2.43. The third kappa shape index (κ3) is 14.6. The molecule has 0 radical (unpaired) electrons. The number of Topliss-reactive ketones (excluding diaryl/α,β-unsaturated/α-hetero) is 2. The van der Waals surface area contributed by atoms with Gasteiger partial charge in [-0.25, -0.2) is 0 Å². The first-order chi connectivity index (χ1) is 35.5. The van der Waals surface area contributed by atoms with Gasteiger partial charge in [0.15, 0.2) is 35.6 Å². The van der Waals surface area contributed by atoms with Crippen LogP contribution >= 0.6 is 0 Å². The van der Waals surface area contributed by atoms with E-state index in [1.807, 2.05) is 6.92 Å². The smallest absolute Gasteiger partial charge is 0.243 e. The molecule has 3 aliphatic rings. The van der Waals surface area contributed by atoms with Crippen LogP contribution in [-0.2, 0) is 51.3 Å². The van der Waals surface area contributed by atoms with Crippen molar-refractivity contribution in [1.82, 2.24) is 26.6 Å². The van der Waals surface area contributed by atoms with Crippen molar-refractivity contribution in [2.75, 3.05) is 39.3 Å². The molecule has 19 N–H and O–H groups in total. The Kier molecular flexibility index (Phi) is 20.7. The predicted molar refractivity (Wildman–Crippen MR) is 265 cm³/mol. The maximum absolute atomic E-state index is 14.3. The molecule has 3 unspecified atom stereocenters. The van der Waals surface area contributed by atoms with Crippen molar-refractivity contribution in [3.63, 3.8) is 0 Å². The molecule has 2 aromatic carbocycles. The number of phenolic OH excluding ortho intramolecular Hbond substituents is 2. The SMILES string of the molecule is CCNCC(=O)CCC(=O)NCC(=O)NC(CCCN=C(N)N)C(=O)NC(CCCN=C(N)N)C(=O)N[C@@H]1C[C@@H](OC2C[C@@](O)(C(=O)CO)Cc3c(O)c4c(c(O)c32)C(=O)c2c(CO)cccc2C4=O)O[C@H](C)[C@@H]1O. The molecule has 5 rings (SSSR count). The van der Waals surface area contributed by atoms with Crippen molar-refractivity contribution < 1.29 is 78.5 Å². The molecule has 8 atom stereocenters. The van der Waals surface area contributed by atoms with Crippen LogP contribution in [-0.4, -0.2) is 171 Å². The minimum atomic E-state index is -2.48. The molecule has 27 heteroatoms. The van der Waals surface area contributed by atoms with Gasteiger partial charge < -0.3 is 89.6 Å². The van der Waals surface area contributed by atoms with Gasteiger partial charge in [-0.05, 0) is 44.7 Å². The van der Waals surface area contributed by atoms with Gasteiger partial charge in [-0.3, -0.25) is 48.3 Å². The van der Waals surface area contributed by atoms with Gasteiger partial charge in [-0.1, -0.05) is 25.1 Å². The molecular weight excluding hydrogens is 987 g/mol. The van der Waals surface area contributed by atoms with E-state index in [1.165, 1.54) is 25.1 Å². The lowest BCUT2D eigenvalue weighted by molar-refractivity contribution is -0.249. The zero-order chi connectivity index (χ0) is 55.3. The molecule has 1 aliphatic heterocycles. The number of amides is 4. The predicted octanol–water partition coefficient (Wildman–Crippen LogP) is -4.21. The quantitative estimate of drug-likeness (QED) is 0.0157. The fourth-order valence-corrected chi connectivity index (χ4v) is 9.14. The van der Waals surface area contributed by atoms with Crippen molar-refractivity contribution in [3.8, 4) is 11.5 Å². The number of ketones is 4. The number of nitrogens with one attached hydrogen (secondary N) is 5. The lowest BCUT2D eigenvalue weighted by Crippen LogP contribution is -2.60. The van der Waals surface area contributed by atoms with E-state index in [1.54, 1.807) is 0 Å². The van der Waals surface area contributed by atoms with Gasteiger partial charge in [0.05, 0.1) is 49.1 Å². The molecule has 2 aliphatic carbocycles. The summed E-state index contributed by atoms with van der Waals surface area (Å²) in [6.07, 6.45) is -7.63. The Morgan fingerprint density at radius 3 is 2.11 bits per heavy atom. The summed E-state index contributed by atoms with van der Waals surface area (Å²) in [4.78, 5) is 115. The highest BCUT2D eigenvalue weighted by Gasteiger charge is 2.50. The molecule has 27 nitrogen and oxygen atoms in total. The first-order valence-electron chi connectivity index (χ1n) is 24.3. The summed E-state index contributed by atoms with van der Waals surface area (Å²) in [5.74, 6) is -8.39. The fourth-order valence-electron chi connectivity index (χ4n) is 9.14. The highest BCUT2D eigenvalue weighted by Crippen LogP contribution is 2.52. The Balaban J connectivity index is 1.39. The summed E-state index contributed by atoms with van der Waals surface area (Å²) in [5, 5.41) is 79.8. The number of benzene rings is 2. The van der Waals surface area contributed by atoms with Crippen LogP contribution in [0.5, 0.6) is 11.5 Å². The van der Waals surface area contributed by atoms with Gasteiger partial charge in [0.1, 0.15) is 47.7 Å². The summed E-state index contributed by atoms with van der Waals surface area (Å²) in [7, 11) is 0. The van der Waals surface area contributed by atoms with Crippen molar-refractivity contribution >= 4 is 58.7 Å². The number of hydrogen-bond donors (Lipinski definition) is 15. The molecule has 0 aromatic heterocycles. The Bertz CT molecular complexity index is 2570. The Hall–Kier alpha value is -7.14. The van der Waals surface area contributed by atoms with E-state index in [0.717, 1.165) is 0 Å². The van der Waals surface area contributed by atoms with E-state index >= 15 is 0 Å². The van der Waals surface area contributed by atoms with E-state index in [0.29, 0.717) is 6.54 Å². The first kappa shape index (κ1) is 58.7. The number of carbonyl (C=O) groups is 8. The largest absolute Gasteiger partial charge is 0.507 e. The molecule has 410 valence electrons. The number of likely N-dealkylation sites (N-methyl/N-ethyl adjacent to an activating group) is 1. The summed E-state index contributed by atoms with van der Waals surface area (Å²) >= 11 is 0. The number of hydrogen-bond acceptors (Lipinski definition) is 19. The minimum absolute atomic E-state index is 0.0163. The molecule has 0 bridgehead atoms. The highest BCUT2D eigenvalue weighted by atomic mass is 16.7. The van der Waals surface area contributed by atoms with Gasteiger partial charge in [-0.15, -0.1) is 0 Å². The summed E-state index contributed by atoms with van der Waals surface area (Å²) in [6.45, 7) is 1.57. The molecule has 2 aromatic rings. The molecule has 75 heavy (non-hydrogen) atoms. The molecule has 1 saturated heterocycles. The van der Waals surface area contributed by atoms with Crippen molar-refractivity contribution in [1.29, 1.82) is 0 Å². The standard InChI is InChI=1S/C48H67N11O16/c1-3-53-18-24(62)11-12-32(64)56-19-33(65)57-27(9-5-13-54-46(49)50)44(71)58-28(10-6-14-55-47(51)52)45(72)59-29-15-34(74-22(2)39(29)66)75-30-17-48(73,31(63)21-61)16-26-36(30)43(70)38-37(41(26)68)40(67)25-8-4-7-23(20-60)35(25)42(38)69/h4,7-8,22,27-30,34,39,53,60-61,66,68,70,73H,3,5-6,9-21H2,1-2H3,(H,56,64)(H,57,65)(H,58,71)(H,59,72)(H4,49,50,54)(H4,51,52,55)/t22-,27?,28?,29-,30?,34-,39+,48-/m1/s1. The normalized spacial score (nSPS) is 21.5. The molecule has 0 saturated carbocycles. The minimum Gasteiger partial charge on any atom is -0.507 e. The van der Waals surface area contributed by atoms with Crippen molar-refractivity contribution in [2.45, 2.75) is 127 Å². The first-order valence-corrected chi connectivity index (χ1v) is 24.3. The summed E-state index contributed by atoms with van der Waals surface area (Å²) in [6, 6.07) is 0.159. The zero-order valence-corrected chi connectivity index (χ0v) is 41.6. The van der Waals surface area contributed by atoms with Crippen molar-refractivity contribution in [2.24, 2.45) is 32.9 Å². The number of aliphatic hydroxyl groups is 4. The maximum Gasteiger partial charge on any atom is 0.243 e. The molecule has 4 amide bonds. The third-order valence-electron chi connectivity index (χ3n) is 13.0. The average Bonchev–Trinajstić information content (AvgIpc) is 3.36. The van der Waals surface area contributed by atoms with Crippen LogP contribution in [0.15, 0.2) is 28.2 Å². The van der Waals surface area contributed by atoms with E-state index in [4.69, 9.17) is 32.4 Å². The van der Waals surface area contributed by atoms with Gasteiger partial charge in [0.2, 0.25) is 23.6 Å². The fraction of sp³-hybridized carbons (Fsp3) is 0.542. The molecule has 0 spiro atoms. The Labute approximate surface area is 430 Å². The number of aliphatic hydroxyl groups excluding tert-OH is 3. The van der Waals surface area contributed by atoms with Crippen LogP contribution in [0.2, 0.25) is 0 Å². The Morgan fingerprint density at radius 1 is 0.853 bits per heavy atom. The van der Waals surface area contributed by atoms with Crippen LogP contribution in [0.25, 0.3) is 0 Å². The van der Waals surface area contributed by atoms with Crippen LogP contribution < -0.4 is 49.5 Å². The topological polar surface area (TPSA) is 465 Å². The molecule has 1 heterocycles. The van der Waals surface area contributed by atoms with Gasteiger partial charge in [-0.2, -0.15) is 0 Å². The number of phenols is 2. The maximum atomic E-state index is 14.3. The molecule has 1 fully saturated rings. The number of fused-ring (bicyclic) bond motifs is 3. The summed E-state index contributed by atoms with van der Waals surface area (Å²) in [5.41, 5.74) is 17.1. The van der Waals surface area contributed by atoms with Gasteiger partial charge in [0.25, 0.3) is 0 Å². The van der Waals surface area contributed by atoms with Crippen LogP contribution in [0.1, 0.15) is 120 Å². The van der Waals surface area contributed by atoms with E-state index in [-0.39, 0.29) is 110 Å². The third-order valence-corrected chi connectivity index (χ3v) is 13.0. The van der Waals surface area contributed by atoms with E-state index in [2.05, 4.69) is 36.6 Å². The number of rotatable bonds is 26. The number of ether oxygens (including phenoxy) is 2. The second-order valence-electron chi connectivity index (χ2n) is 18.4. The van der Waals surface area contributed by atoms with Gasteiger partial charge in [0, 0.05) is 67.4 Å². The number of aliphatic imine (C=N–C) groups is 2. The van der Waals surface area contributed by atoms with Crippen LogP contribution in [0.4, 0.5) is 0 Å². The molecular formula is C48H67N11O16. The highest BCUT2D eigenvalue weighted by molar-refractivity contribution is 6.31. The number of carbonyl (C=O) groups excluding carboxylic acids is 8. The van der Waals surface area contributed by atoms with E-state index in [9.17, 15) is 69.0 Å². The zero-order valence-electron chi connectivity index (χ0n) is 41.6. The van der Waals surface area contributed by atoms with Crippen LogP contribution in [0, 0.1) is 0 Å².